The first-order valence-corrected chi connectivity index (χ1v) is 7.72. The first-order chi connectivity index (χ1) is 10.1. The number of aryl methyl sites for hydroxylation is 1. The molecule has 7 heteroatoms. The Morgan fingerprint density at radius 2 is 2.19 bits per heavy atom. The van der Waals surface area contributed by atoms with Crippen LogP contribution in [0.4, 0.5) is 5.13 Å². The Morgan fingerprint density at radius 3 is 2.76 bits per heavy atom. The second-order valence-corrected chi connectivity index (χ2v) is 6.14. The van der Waals surface area contributed by atoms with Crippen molar-refractivity contribution in [2.45, 2.75) is 13.5 Å². The number of furan rings is 1. The number of thiazole rings is 1. The third kappa shape index (κ3) is 3.08. The third-order valence-electron chi connectivity index (χ3n) is 3.63. The molecule has 2 aromatic heterocycles. The van der Waals surface area contributed by atoms with E-state index in [1.807, 2.05) is 24.0 Å². The molecule has 0 saturated carbocycles. The molecule has 1 saturated heterocycles. The number of piperazine rings is 1. The molecule has 0 radical (unpaired) electrons. The zero-order chi connectivity index (χ0) is 14.8. The maximum atomic E-state index is 12.5. The summed E-state index contributed by atoms with van der Waals surface area (Å²) in [7, 11) is 0. The van der Waals surface area contributed by atoms with Crippen LogP contribution in [0.25, 0.3) is 0 Å². The van der Waals surface area contributed by atoms with Gasteiger partial charge < -0.3 is 15.1 Å². The van der Waals surface area contributed by atoms with Crippen molar-refractivity contribution < 1.29 is 9.21 Å². The van der Waals surface area contributed by atoms with Crippen LogP contribution in [0.5, 0.6) is 0 Å². The van der Waals surface area contributed by atoms with Crippen LogP contribution in [0.2, 0.25) is 0 Å². The zero-order valence-corrected chi connectivity index (χ0v) is 12.7. The summed E-state index contributed by atoms with van der Waals surface area (Å²) >= 11 is 1.27. The summed E-state index contributed by atoms with van der Waals surface area (Å²) in [6, 6.07) is 3.87. The molecule has 1 fully saturated rings. The number of amides is 1. The van der Waals surface area contributed by atoms with Crippen LogP contribution in [0, 0.1) is 6.92 Å². The number of nitrogen functional groups attached to an aromatic ring is 1. The minimum absolute atomic E-state index is 0.0411. The summed E-state index contributed by atoms with van der Waals surface area (Å²) in [4.78, 5) is 21.4. The van der Waals surface area contributed by atoms with Crippen molar-refractivity contribution in [3.05, 3.63) is 34.7 Å². The van der Waals surface area contributed by atoms with Crippen molar-refractivity contribution in [2.75, 3.05) is 31.9 Å². The number of carbonyl (C=O) groups excluding carboxylic acids is 1. The van der Waals surface area contributed by atoms with Crippen LogP contribution in [-0.4, -0.2) is 46.9 Å². The summed E-state index contributed by atoms with van der Waals surface area (Å²) in [5, 5.41) is 0.451. The van der Waals surface area contributed by atoms with E-state index < -0.39 is 0 Å². The second-order valence-electron chi connectivity index (χ2n) is 5.11. The van der Waals surface area contributed by atoms with E-state index in [1.54, 1.807) is 6.26 Å². The fourth-order valence-electron chi connectivity index (χ4n) is 2.49. The van der Waals surface area contributed by atoms with E-state index in [4.69, 9.17) is 10.2 Å². The largest absolute Gasteiger partial charge is 0.468 e. The molecule has 0 spiro atoms. The molecule has 21 heavy (non-hydrogen) atoms. The Hall–Kier alpha value is -1.86. The lowest BCUT2D eigenvalue weighted by atomic mass is 10.2. The van der Waals surface area contributed by atoms with Gasteiger partial charge in [0.25, 0.3) is 5.91 Å². The number of nitrogens with two attached hydrogens (primary N) is 1. The highest BCUT2D eigenvalue weighted by Gasteiger charge is 2.25. The topological polar surface area (TPSA) is 75.6 Å². The lowest BCUT2D eigenvalue weighted by Crippen LogP contribution is -2.48. The average Bonchev–Trinajstić information content (AvgIpc) is 3.08. The highest BCUT2D eigenvalue weighted by molar-refractivity contribution is 7.17. The maximum Gasteiger partial charge on any atom is 0.266 e. The molecular weight excluding hydrogens is 288 g/mol. The predicted molar refractivity (Wildman–Crippen MR) is 81.2 cm³/mol. The Balaban J connectivity index is 1.58. The van der Waals surface area contributed by atoms with Gasteiger partial charge in [0.05, 0.1) is 18.5 Å². The normalized spacial score (nSPS) is 16.3. The maximum absolute atomic E-state index is 12.5. The molecular formula is C14H18N4O2S. The van der Waals surface area contributed by atoms with Crippen LogP contribution in [0.15, 0.2) is 22.8 Å². The Labute approximate surface area is 127 Å². The third-order valence-corrected chi connectivity index (χ3v) is 4.60. The van der Waals surface area contributed by atoms with Crippen molar-refractivity contribution in [3.63, 3.8) is 0 Å². The average molecular weight is 306 g/mol. The van der Waals surface area contributed by atoms with Crippen molar-refractivity contribution in [3.8, 4) is 0 Å². The van der Waals surface area contributed by atoms with E-state index in [2.05, 4.69) is 9.88 Å². The lowest BCUT2D eigenvalue weighted by Gasteiger charge is -2.34. The Bertz CT molecular complexity index is 615. The van der Waals surface area contributed by atoms with Crippen LogP contribution in [0.1, 0.15) is 21.1 Å². The highest BCUT2D eigenvalue weighted by atomic mass is 32.1. The van der Waals surface area contributed by atoms with E-state index in [9.17, 15) is 4.79 Å². The van der Waals surface area contributed by atoms with Crippen molar-refractivity contribution in [1.29, 1.82) is 0 Å². The van der Waals surface area contributed by atoms with Gasteiger partial charge in [-0.05, 0) is 19.1 Å². The Morgan fingerprint density at radius 1 is 1.43 bits per heavy atom. The summed E-state index contributed by atoms with van der Waals surface area (Å²) in [5.74, 6) is 1.00. The first-order valence-electron chi connectivity index (χ1n) is 6.90. The van der Waals surface area contributed by atoms with E-state index in [-0.39, 0.29) is 5.91 Å². The van der Waals surface area contributed by atoms with E-state index >= 15 is 0 Å². The van der Waals surface area contributed by atoms with Crippen molar-refractivity contribution in [1.82, 2.24) is 14.8 Å². The second kappa shape index (κ2) is 5.87. The molecule has 1 aliphatic rings. The molecule has 112 valence electrons. The smallest absolute Gasteiger partial charge is 0.266 e. The zero-order valence-electron chi connectivity index (χ0n) is 11.9. The number of aromatic nitrogens is 1. The minimum atomic E-state index is 0.0411. The van der Waals surface area contributed by atoms with Gasteiger partial charge in [-0.1, -0.05) is 11.3 Å². The van der Waals surface area contributed by atoms with Gasteiger partial charge in [0.15, 0.2) is 5.13 Å². The van der Waals surface area contributed by atoms with Gasteiger partial charge in [0.2, 0.25) is 0 Å². The molecule has 3 rings (SSSR count). The standard InChI is InChI=1S/C14H18N4O2S/c1-10-12(21-14(15)16-10)13(19)18-6-4-17(5-7-18)9-11-3-2-8-20-11/h2-3,8H,4-7,9H2,1H3,(H2,15,16). The van der Waals surface area contributed by atoms with Gasteiger partial charge in [-0.25, -0.2) is 4.98 Å². The molecule has 6 nitrogen and oxygen atoms in total. The molecule has 1 amide bonds. The van der Waals surface area contributed by atoms with Crippen LogP contribution in [0.3, 0.4) is 0 Å². The van der Waals surface area contributed by atoms with E-state index in [0.717, 1.165) is 44.2 Å². The molecule has 3 heterocycles. The Kier molecular flexibility index (Phi) is 3.94. The summed E-state index contributed by atoms with van der Waals surface area (Å²) in [6.45, 7) is 5.75. The quantitative estimate of drug-likeness (QED) is 0.932. The minimum Gasteiger partial charge on any atom is -0.468 e. The van der Waals surface area contributed by atoms with Gasteiger partial charge in [-0.2, -0.15) is 0 Å². The highest BCUT2D eigenvalue weighted by Crippen LogP contribution is 2.22. The summed E-state index contributed by atoms with van der Waals surface area (Å²) < 4.78 is 5.36. The van der Waals surface area contributed by atoms with Crippen LogP contribution >= 0.6 is 11.3 Å². The summed E-state index contributed by atoms with van der Waals surface area (Å²) in [5.41, 5.74) is 6.39. The number of carbonyl (C=O) groups is 1. The molecule has 0 unspecified atom stereocenters. The van der Waals surface area contributed by atoms with Crippen molar-refractivity contribution in [2.24, 2.45) is 0 Å². The molecule has 0 atom stereocenters. The number of hydrogen-bond donors (Lipinski definition) is 1. The van der Waals surface area contributed by atoms with Gasteiger partial charge in [-0.15, -0.1) is 0 Å². The molecule has 2 N–H and O–H groups in total. The number of hydrogen-bond acceptors (Lipinski definition) is 6. The van der Waals surface area contributed by atoms with Crippen LogP contribution in [-0.2, 0) is 6.54 Å². The molecule has 0 aromatic carbocycles. The van der Waals surface area contributed by atoms with Gasteiger partial charge in [0.1, 0.15) is 10.6 Å². The number of anilines is 1. The molecule has 1 aliphatic heterocycles. The van der Waals surface area contributed by atoms with Gasteiger partial charge in [-0.3, -0.25) is 9.69 Å². The summed E-state index contributed by atoms with van der Waals surface area (Å²) in [6.07, 6.45) is 1.69. The van der Waals surface area contributed by atoms with Gasteiger partial charge in [0, 0.05) is 26.2 Å². The van der Waals surface area contributed by atoms with Crippen molar-refractivity contribution >= 4 is 22.4 Å². The van der Waals surface area contributed by atoms with Gasteiger partial charge >= 0.3 is 0 Å². The van der Waals surface area contributed by atoms with Crippen LogP contribution < -0.4 is 5.73 Å². The molecule has 2 aromatic rings. The number of nitrogens with zero attached hydrogens (tertiary/aromatic N) is 3. The fraction of sp³-hybridized carbons (Fsp3) is 0.429. The van der Waals surface area contributed by atoms with E-state index in [0.29, 0.717) is 10.0 Å². The fourth-order valence-corrected chi connectivity index (χ4v) is 3.29. The molecule has 0 aliphatic carbocycles. The SMILES string of the molecule is Cc1nc(N)sc1C(=O)N1CCN(Cc2ccco2)CC1. The molecule has 0 bridgehead atoms. The van der Waals surface area contributed by atoms with E-state index in [1.165, 1.54) is 11.3 Å². The monoisotopic (exact) mass is 306 g/mol. The predicted octanol–water partition coefficient (Wildman–Crippen LogP) is 1.58. The lowest BCUT2D eigenvalue weighted by molar-refractivity contribution is 0.0624. The number of rotatable bonds is 3. The first kappa shape index (κ1) is 14.1.